The van der Waals surface area contributed by atoms with E-state index in [2.05, 4.69) is 15.4 Å². The van der Waals surface area contributed by atoms with Crippen LogP contribution in [0, 0.1) is 6.92 Å². The molecule has 0 saturated heterocycles. The van der Waals surface area contributed by atoms with E-state index in [9.17, 15) is 9.90 Å². The zero-order chi connectivity index (χ0) is 14.7. The number of aromatic nitrogens is 3. The van der Waals surface area contributed by atoms with Crippen LogP contribution in [-0.2, 0) is 7.05 Å². The molecule has 0 aliphatic rings. The minimum atomic E-state index is -0.413. The Morgan fingerprint density at radius 2 is 2.35 bits per heavy atom. The normalized spacial score (nSPS) is 12.4. The first-order chi connectivity index (χ1) is 9.47. The number of thiazole rings is 1. The highest BCUT2D eigenvalue weighted by molar-refractivity contribution is 7.17. The van der Waals surface area contributed by atoms with Gasteiger partial charge in [-0.25, -0.2) is 4.98 Å². The minimum Gasteiger partial charge on any atom is -0.393 e. The number of aryl methyl sites for hydroxylation is 2. The van der Waals surface area contributed by atoms with E-state index >= 15 is 0 Å². The average Bonchev–Trinajstić information content (AvgIpc) is 2.95. The molecule has 0 aliphatic carbocycles. The van der Waals surface area contributed by atoms with E-state index in [1.54, 1.807) is 17.8 Å². The van der Waals surface area contributed by atoms with E-state index in [4.69, 9.17) is 0 Å². The maximum Gasteiger partial charge on any atom is 0.263 e. The average molecular weight is 294 g/mol. The lowest BCUT2D eigenvalue weighted by Crippen LogP contribution is -2.26. The second-order valence-corrected chi connectivity index (χ2v) is 5.73. The van der Waals surface area contributed by atoms with E-state index in [1.807, 2.05) is 20.2 Å². The fourth-order valence-electron chi connectivity index (χ4n) is 1.74. The third-order valence-electron chi connectivity index (χ3n) is 2.80. The Hall–Kier alpha value is -1.73. The molecule has 2 N–H and O–H groups in total. The first-order valence-corrected chi connectivity index (χ1v) is 7.21. The summed E-state index contributed by atoms with van der Waals surface area (Å²) < 4.78 is 1.70. The van der Waals surface area contributed by atoms with Crippen LogP contribution in [0.1, 0.15) is 28.7 Å². The van der Waals surface area contributed by atoms with Gasteiger partial charge in [0.2, 0.25) is 0 Å². The largest absolute Gasteiger partial charge is 0.393 e. The molecule has 0 saturated carbocycles. The van der Waals surface area contributed by atoms with E-state index < -0.39 is 6.10 Å². The van der Waals surface area contributed by atoms with Crippen molar-refractivity contribution >= 4 is 17.2 Å². The molecule has 0 spiro atoms. The fraction of sp³-hybridized carbons (Fsp3) is 0.462. The molecule has 20 heavy (non-hydrogen) atoms. The van der Waals surface area contributed by atoms with Crippen LogP contribution in [0.3, 0.4) is 0 Å². The van der Waals surface area contributed by atoms with Gasteiger partial charge in [0.1, 0.15) is 9.88 Å². The van der Waals surface area contributed by atoms with E-state index in [-0.39, 0.29) is 5.91 Å². The van der Waals surface area contributed by atoms with Crippen molar-refractivity contribution in [1.82, 2.24) is 20.1 Å². The first kappa shape index (κ1) is 14.7. The Morgan fingerprint density at radius 3 is 2.95 bits per heavy atom. The molecule has 0 aliphatic heterocycles. The zero-order valence-corrected chi connectivity index (χ0v) is 12.6. The van der Waals surface area contributed by atoms with E-state index in [0.29, 0.717) is 23.5 Å². The van der Waals surface area contributed by atoms with Crippen molar-refractivity contribution in [1.29, 1.82) is 0 Å². The number of rotatable bonds is 5. The Kier molecular flexibility index (Phi) is 4.51. The van der Waals surface area contributed by atoms with Crippen LogP contribution < -0.4 is 5.32 Å². The molecule has 0 bridgehead atoms. The molecule has 0 radical (unpaired) electrons. The van der Waals surface area contributed by atoms with Crippen molar-refractivity contribution in [2.75, 3.05) is 6.54 Å². The maximum absolute atomic E-state index is 12.1. The van der Waals surface area contributed by atoms with Gasteiger partial charge >= 0.3 is 0 Å². The number of hydrogen-bond donors (Lipinski definition) is 2. The standard InChI is InChI=1S/C13H18N4O2S/c1-8(18)4-5-14-12(19)11-9(2)16-13(20-11)10-6-15-17(3)7-10/h6-8,18H,4-5H2,1-3H3,(H,14,19). The Balaban J connectivity index is 2.09. The number of amides is 1. The molecule has 7 heteroatoms. The van der Waals surface area contributed by atoms with Crippen molar-refractivity contribution in [3.8, 4) is 10.6 Å². The number of aliphatic hydroxyl groups excluding tert-OH is 1. The summed E-state index contributed by atoms with van der Waals surface area (Å²) in [6.07, 6.45) is 3.73. The molecular weight excluding hydrogens is 276 g/mol. The van der Waals surface area contributed by atoms with Gasteiger partial charge in [0, 0.05) is 25.4 Å². The minimum absolute atomic E-state index is 0.143. The molecule has 108 valence electrons. The second-order valence-electron chi connectivity index (χ2n) is 4.73. The molecule has 0 fully saturated rings. The van der Waals surface area contributed by atoms with Gasteiger partial charge in [-0.1, -0.05) is 0 Å². The summed E-state index contributed by atoms with van der Waals surface area (Å²) in [6.45, 7) is 3.97. The van der Waals surface area contributed by atoms with Crippen LogP contribution in [0.2, 0.25) is 0 Å². The molecule has 2 heterocycles. The number of nitrogens with one attached hydrogen (secondary N) is 1. The first-order valence-electron chi connectivity index (χ1n) is 6.40. The molecule has 1 amide bonds. The third-order valence-corrected chi connectivity index (χ3v) is 4.01. The second kappa shape index (κ2) is 6.15. The quantitative estimate of drug-likeness (QED) is 0.872. The van der Waals surface area contributed by atoms with Crippen LogP contribution in [0.25, 0.3) is 10.6 Å². The van der Waals surface area contributed by atoms with Gasteiger partial charge < -0.3 is 10.4 Å². The van der Waals surface area contributed by atoms with Crippen LogP contribution in [0.5, 0.6) is 0 Å². The lowest BCUT2D eigenvalue weighted by molar-refractivity contribution is 0.0949. The summed E-state index contributed by atoms with van der Waals surface area (Å²) in [5.41, 5.74) is 1.62. The van der Waals surface area contributed by atoms with Crippen molar-refractivity contribution in [3.05, 3.63) is 23.0 Å². The number of carbonyl (C=O) groups excluding carboxylic acids is 1. The highest BCUT2D eigenvalue weighted by atomic mass is 32.1. The van der Waals surface area contributed by atoms with Gasteiger partial charge in [-0.3, -0.25) is 9.48 Å². The summed E-state index contributed by atoms with van der Waals surface area (Å²) in [6, 6.07) is 0. The fourth-order valence-corrected chi connectivity index (χ4v) is 2.69. The summed E-state index contributed by atoms with van der Waals surface area (Å²) in [4.78, 5) is 17.1. The molecule has 2 aromatic heterocycles. The molecule has 2 rings (SSSR count). The number of hydrogen-bond acceptors (Lipinski definition) is 5. The molecule has 1 atom stereocenters. The maximum atomic E-state index is 12.1. The number of nitrogens with zero attached hydrogens (tertiary/aromatic N) is 3. The lowest BCUT2D eigenvalue weighted by atomic mass is 10.3. The van der Waals surface area contributed by atoms with Crippen LogP contribution in [0.4, 0.5) is 0 Å². The van der Waals surface area contributed by atoms with E-state index in [1.165, 1.54) is 11.3 Å². The third kappa shape index (κ3) is 3.43. The van der Waals surface area contributed by atoms with Crippen molar-refractivity contribution in [3.63, 3.8) is 0 Å². The highest BCUT2D eigenvalue weighted by Crippen LogP contribution is 2.27. The predicted molar refractivity (Wildman–Crippen MR) is 77.7 cm³/mol. The van der Waals surface area contributed by atoms with Gasteiger partial charge in [0.25, 0.3) is 5.91 Å². The van der Waals surface area contributed by atoms with Gasteiger partial charge in [-0.15, -0.1) is 11.3 Å². The molecule has 2 aromatic rings. The molecule has 0 aromatic carbocycles. The summed E-state index contributed by atoms with van der Waals surface area (Å²) in [5, 5.41) is 16.9. The van der Waals surface area contributed by atoms with Crippen LogP contribution in [-0.4, -0.2) is 38.4 Å². The monoisotopic (exact) mass is 294 g/mol. The van der Waals surface area contributed by atoms with Crippen LogP contribution in [0.15, 0.2) is 12.4 Å². The topological polar surface area (TPSA) is 80.0 Å². The van der Waals surface area contributed by atoms with Crippen molar-refractivity contribution < 1.29 is 9.90 Å². The van der Waals surface area contributed by atoms with Crippen molar-refractivity contribution in [2.45, 2.75) is 26.4 Å². The highest BCUT2D eigenvalue weighted by Gasteiger charge is 2.16. The van der Waals surface area contributed by atoms with E-state index in [0.717, 1.165) is 10.6 Å². The zero-order valence-electron chi connectivity index (χ0n) is 11.8. The lowest BCUT2D eigenvalue weighted by Gasteiger charge is -2.05. The molecular formula is C13H18N4O2S. The molecule has 6 nitrogen and oxygen atoms in total. The van der Waals surface area contributed by atoms with Crippen LogP contribution >= 0.6 is 11.3 Å². The smallest absolute Gasteiger partial charge is 0.263 e. The van der Waals surface area contributed by atoms with Gasteiger partial charge in [0.15, 0.2) is 0 Å². The van der Waals surface area contributed by atoms with Crippen molar-refractivity contribution in [2.24, 2.45) is 7.05 Å². The number of carbonyl (C=O) groups is 1. The Morgan fingerprint density at radius 1 is 1.60 bits per heavy atom. The van der Waals surface area contributed by atoms with Gasteiger partial charge in [0.05, 0.1) is 18.0 Å². The summed E-state index contributed by atoms with van der Waals surface area (Å²) >= 11 is 1.35. The SMILES string of the molecule is Cc1nc(-c2cnn(C)c2)sc1C(=O)NCCC(C)O. The predicted octanol–water partition coefficient (Wildman–Crippen LogP) is 1.35. The Bertz CT molecular complexity index is 603. The number of aliphatic hydroxyl groups is 1. The molecule has 1 unspecified atom stereocenters. The van der Waals surface area contributed by atoms with Gasteiger partial charge in [-0.05, 0) is 20.3 Å². The summed E-state index contributed by atoms with van der Waals surface area (Å²) in [5.74, 6) is -0.143. The van der Waals surface area contributed by atoms with Gasteiger partial charge in [-0.2, -0.15) is 5.10 Å². The Labute approximate surface area is 121 Å². The summed E-state index contributed by atoms with van der Waals surface area (Å²) in [7, 11) is 1.84.